The second-order valence-electron chi connectivity index (χ2n) is 8.58. The maximum atomic E-state index is 13.1. The Hall–Kier alpha value is -4.07. The first-order valence-corrected chi connectivity index (χ1v) is 11.2. The molecule has 5 nitrogen and oxygen atoms in total. The molecule has 3 aromatic carbocycles. The van der Waals surface area contributed by atoms with Gasteiger partial charge < -0.3 is 15.2 Å². The summed E-state index contributed by atoms with van der Waals surface area (Å²) >= 11 is 0. The highest BCUT2D eigenvalue weighted by Crippen LogP contribution is 2.33. The lowest BCUT2D eigenvalue weighted by Crippen LogP contribution is -2.37. The van der Waals surface area contributed by atoms with E-state index in [1.54, 1.807) is 24.1 Å². The Kier molecular flexibility index (Phi) is 5.59. The van der Waals surface area contributed by atoms with Crippen LogP contribution < -0.4 is 5.32 Å². The van der Waals surface area contributed by atoms with E-state index in [2.05, 4.69) is 10.3 Å². The van der Waals surface area contributed by atoms with E-state index in [-0.39, 0.29) is 18.4 Å². The summed E-state index contributed by atoms with van der Waals surface area (Å²) in [6.07, 6.45) is -3.82. The zero-order chi connectivity index (χ0) is 24.7. The fraction of sp³-hybridized carbons (Fsp3) is 0.185. The van der Waals surface area contributed by atoms with Gasteiger partial charge in [0.15, 0.2) is 0 Å². The number of aromatic amines is 1. The lowest BCUT2D eigenvalue weighted by molar-refractivity contribution is -0.137. The molecule has 2 heterocycles. The minimum Gasteiger partial charge on any atom is -0.354 e. The molecule has 0 atom stereocenters. The normalized spacial score (nSPS) is 13.7. The fourth-order valence-electron chi connectivity index (χ4n) is 4.59. The predicted molar refractivity (Wildman–Crippen MR) is 127 cm³/mol. The van der Waals surface area contributed by atoms with Crippen molar-refractivity contribution in [3.8, 4) is 11.1 Å². The Balaban J connectivity index is 1.42. The molecule has 0 spiro atoms. The summed E-state index contributed by atoms with van der Waals surface area (Å²) in [5.74, 6) is -0.402. The average molecular weight is 477 g/mol. The summed E-state index contributed by atoms with van der Waals surface area (Å²) in [6.45, 7) is 0.537. The summed E-state index contributed by atoms with van der Waals surface area (Å²) in [4.78, 5) is 29.9. The van der Waals surface area contributed by atoms with E-state index in [1.165, 1.54) is 6.07 Å². The van der Waals surface area contributed by atoms with Crippen molar-refractivity contribution in [1.82, 2.24) is 15.2 Å². The molecule has 1 aliphatic heterocycles. The van der Waals surface area contributed by atoms with Gasteiger partial charge in [0.1, 0.15) is 5.69 Å². The third kappa shape index (κ3) is 4.27. The Morgan fingerprint density at radius 3 is 2.60 bits per heavy atom. The van der Waals surface area contributed by atoms with Crippen LogP contribution >= 0.6 is 0 Å². The molecule has 178 valence electrons. The summed E-state index contributed by atoms with van der Waals surface area (Å²) in [5.41, 5.74) is 4.34. The van der Waals surface area contributed by atoms with Crippen LogP contribution in [0.15, 0.2) is 66.7 Å². The van der Waals surface area contributed by atoms with Crippen molar-refractivity contribution < 1.29 is 22.8 Å². The van der Waals surface area contributed by atoms with Gasteiger partial charge in [-0.1, -0.05) is 36.4 Å². The first-order chi connectivity index (χ1) is 16.7. The van der Waals surface area contributed by atoms with Crippen LogP contribution in [0.5, 0.6) is 0 Å². The van der Waals surface area contributed by atoms with Crippen molar-refractivity contribution in [1.29, 1.82) is 0 Å². The molecule has 2 amide bonds. The van der Waals surface area contributed by atoms with Crippen molar-refractivity contribution >= 4 is 22.7 Å². The van der Waals surface area contributed by atoms with Crippen molar-refractivity contribution in [3.05, 3.63) is 94.7 Å². The van der Waals surface area contributed by atoms with Gasteiger partial charge in [0.25, 0.3) is 11.8 Å². The Morgan fingerprint density at radius 1 is 1.03 bits per heavy atom. The zero-order valence-electron chi connectivity index (χ0n) is 18.9. The van der Waals surface area contributed by atoms with E-state index in [1.807, 2.05) is 36.4 Å². The molecule has 0 aliphatic carbocycles. The number of benzene rings is 3. The van der Waals surface area contributed by atoms with E-state index in [4.69, 9.17) is 0 Å². The molecule has 8 heteroatoms. The number of hydrogen-bond acceptors (Lipinski definition) is 2. The quantitative estimate of drug-likeness (QED) is 0.413. The molecule has 0 saturated carbocycles. The highest BCUT2D eigenvalue weighted by atomic mass is 19.4. The molecule has 1 aromatic heterocycles. The van der Waals surface area contributed by atoms with E-state index >= 15 is 0 Å². The number of alkyl halides is 3. The highest BCUT2D eigenvalue weighted by Gasteiger charge is 2.31. The number of hydrogen-bond donors (Lipinski definition) is 2. The Morgan fingerprint density at radius 2 is 1.83 bits per heavy atom. The third-order valence-electron chi connectivity index (χ3n) is 6.35. The number of aromatic nitrogens is 1. The average Bonchev–Trinajstić information content (AvgIpc) is 3.29. The van der Waals surface area contributed by atoms with E-state index in [0.717, 1.165) is 39.7 Å². The minimum absolute atomic E-state index is 0.120. The zero-order valence-corrected chi connectivity index (χ0v) is 18.9. The number of amides is 2. The lowest BCUT2D eigenvalue weighted by Gasteiger charge is -2.29. The van der Waals surface area contributed by atoms with Crippen LogP contribution in [0.25, 0.3) is 22.0 Å². The minimum atomic E-state index is -4.42. The highest BCUT2D eigenvalue weighted by molar-refractivity contribution is 6.03. The van der Waals surface area contributed by atoms with Gasteiger partial charge in [0.2, 0.25) is 0 Å². The number of nitrogens with zero attached hydrogens (tertiary/aromatic N) is 1. The lowest BCUT2D eigenvalue weighted by atomic mass is 9.92. The molecule has 2 N–H and O–H groups in total. The van der Waals surface area contributed by atoms with Crippen LogP contribution in [0.3, 0.4) is 0 Å². The molecule has 0 radical (unpaired) electrons. The standard InChI is InChI=1S/C27H22F3N3O2/c1-31-25(34)24-14-22-20(6-3-7-23(22)32-24)17-8-9-21-18(13-17)10-11-33(26(21)35)15-16-4-2-5-19(12-16)27(28,29)30/h2-9,12-14,32H,10-11,15H2,1H3,(H,31,34). The second-order valence-corrected chi connectivity index (χ2v) is 8.58. The number of fused-ring (bicyclic) bond motifs is 2. The van der Waals surface area contributed by atoms with Crippen LogP contribution in [0.1, 0.15) is 37.5 Å². The van der Waals surface area contributed by atoms with E-state index in [0.29, 0.717) is 29.8 Å². The Bertz CT molecular complexity index is 1460. The smallest absolute Gasteiger partial charge is 0.354 e. The number of halogens is 3. The van der Waals surface area contributed by atoms with Gasteiger partial charge in [-0.15, -0.1) is 0 Å². The largest absolute Gasteiger partial charge is 0.416 e. The van der Waals surface area contributed by atoms with Crippen LogP contribution in [-0.2, 0) is 19.1 Å². The van der Waals surface area contributed by atoms with Gasteiger partial charge >= 0.3 is 6.18 Å². The van der Waals surface area contributed by atoms with Gasteiger partial charge in [0, 0.05) is 36.6 Å². The first kappa shape index (κ1) is 22.7. The molecule has 4 aromatic rings. The number of rotatable bonds is 4. The number of H-pyrrole nitrogens is 1. The molecule has 5 rings (SSSR count). The van der Waals surface area contributed by atoms with Crippen LogP contribution in [0.4, 0.5) is 13.2 Å². The van der Waals surface area contributed by atoms with Gasteiger partial charge in [-0.25, -0.2) is 0 Å². The predicted octanol–water partition coefficient (Wildman–Crippen LogP) is 5.41. The maximum absolute atomic E-state index is 13.1. The van der Waals surface area contributed by atoms with Crippen molar-refractivity contribution in [2.24, 2.45) is 0 Å². The summed E-state index contributed by atoms with van der Waals surface area (Å²) in [6, 6.07) is 18.3. The first-order valence-electron chi connectivity index (χ1n) is 11.2. The number of carbonyl (C=O) groups is 2. The molecule has 0 unspecified atom stereocenters. The topological polar surface area (TPSA) is 65.2 Å². The van der Waals surface area contributed by atoms with Crippen molar-refractivity contribution in [2.75, 3.05) is 13.6 Å². The molecule has 0 bridgehead atoms. The number of carbonyl (C=O) groups excluding carboxylic acids is 2. The van der Waals surface area contributed by atoms with Crippen molar-refractivity contribution in [3.63, 3.8) is 0 Å². The molecular formula is C27H22F3N3O2. The van der Waals surface area contributed by atoms with Crippen LogP contribution in [0.2, 0.25) is 0 Å². The van der Waals surface area contributed by atoms with Crippen LogP contribution in [0, 0.1) is 0 Å². The fourth-order valence-corrected chi connectivity index (χ4v) is 4.59. The Labute approximate surface area is 199 Å². The van der Waals surface area contributed by atoms with Crippen LogP contribution in [-0.4, -0.2) is 35.3 Å². The molecule has 35 heavy (non-hydrogen) atoms. The molecule has 1 aliphatic rings. The van der Waals surface area contributed by atoms with Gasteiger partial charge in [-0.3, -0.25) is 9.59 Å². The SMILES string of the molecule is CNC(=O)c1cc2c(-c3ccc4c(c3)CCN(Cc3cccc(C(F)(F)F)c3)C4=O)cccc2[nH]1. The third-order valence-corrected chi connectivity index (χ3v) is 6.35. The van der Waals surface area contributed by atoms with E-state index < -0.39 is 11.7 Å². The summed E-state index contributed by atoms with van der Waals surface area (Å²) < 4.78 is 39.2. The maximum Gasteiger partial charge on any atom is 0.416 e. The molecule has 0 saturated heterocycles. The molecule has 0 fully saturated rings. The van der Waals surface area contributed by atoms with Gasteiger partial charge in [-0.2, -0.15) is 13.2 Å². The summed E-state index contributed by atoms with van der Waals surface area (Å²) in [7, 11) is 1.57. The number of nitrogens with one attached hydrogen (secondary N) is 2. The van der Waals surface area contributed by atoms with Gasteiger partial charge in [-0.05, 0) is 59.0 Å². The summed E-state index contributed by atoms with van der Waals surface area (Å²) in [5, 5.41) is 3.51. The molecular weight excluding hydrogens is 455 g/mol. The van der Waals surface area contributed by atoms with E-state index in [9.17, 15) is 22.8 Å². The van der Waals surface area contributed by atoms with Gasteiger partial charge in [0.05, 0.1) is 5.56 Å². The monoisotopic (exact) mass is 477 g/mol. The van der Waals surface area contributed by atoms with Crippen molar-refractivity contribution in [2.45, 2.75) is 19.1 Å². The second kappa shape index (κ2) is 8.61.